The number of hydrogen-bond acceptors (Lipinski definition) is 3. The van der Waals surface area contributed by atoms with Crippen LogP contribution in [-0.2, 0) is 0 Å². The van der Waals surface area contributed by atoms with Crippen LogP contribution in [0.2, 0.25) is 0 Å². The molecule has 0 fully saturated rings. The summed E-state index contributed by atoms with van der Waals surface area (Å²) < 4.78 is 0. The molecule has 0 aliphatic rings. The summed E-state index contributed by atoms with van der Waals surface area (Å²) in [5.74, 6) is 0. The van der Waals surface area contributed by atoms with Gasteiger partial charge in [-0.25, -0.2) is 9.97 Å². The lowest BCUT2D eigenvalue weighted by Crippen LogP contribution is -2.10. The molecule has 3 nitrogen and oxygen atoms in total. The zero-order valence-electron chi connectivity index (χ0n) is 30.0. The van der Waals surface area contributed by atoms with E-state index in [1.165, 1.54) is 0 Å². The van der Waals surface area contributed by atoms with Gasteiger partial charge in [-0.2, -0.15) is 0 Å². The predicted octanol–water partition coefficient (Wildman–Crippen LogP) is 14.1. The Labute approximate surface area is 320 Å². The molecular formula is C52H35N3. The van der Waals surface area contributed by atoms with Crippen molar-refractivity contribution in [3.05, 3.63) is 212 Å². The first-order valence-corrected chi connectivity index (χ1v) is 18.7. The van der Waals surface area contributed by atoms with Crippen LogP contribution in [-0.4, -0.2) is 9.97 Å². The number of para-hydroxylation sites is 2. The molecular weight excluding hydrogens is 667 g/mol. The molecule has 0 aliphatic carbocycles. The smallest absolute Gasteiger partial charge is 0.0788 e. The first-order valence-electron chi connectivity index (χ1n) is 18.7. The molecule has 0 spiro atoms. The van der Waals surface area contributed by atoms with Gasteiger partial charge in [-0.1, -0.05) is 164 Å². The van der Waals surface area contributed by atoms with Crippen LogP contribution in [0, 0.1) is 0 Å². The van der Waals surface area contributed by atoms with Crippen molar-refractivity contribution in [3.63, 3.8) is 0 Å². The van der Waals surface area contributed by atoms with Gasteiger partial charge in [-0.05, 0) is 65.0 Å². The number of hydrogen-bond donors (Lipinski definition) is 0. The molecule has 0 atom stereocenters. The van der Waals surface area contributed by atoms with Gasteiger partial charge in [0.1, 0.15) is 0 Å². The summed E-state index contributed by atoms with van der Waals surface area (Å²) in [6.45, 7) is 0. The van der Waals surface area contributed by atoms with Crippen molar-refractivity contribution >= 4 is 49.5 Å². The number of anilines is 3. The second kappa shape index (κ2) is 13.9. The van der Waals surface area contributed by atoms with Crippen LogP contribution >= 0.6 is 0 Å². The predicted molar refractivity (Wildman–Crippen MR) is 231 cm³/mol. The van der Waals surface area contributed by atoms with E-state index >= 15 is 0 Å². The first kappa shape index (κ1) is 32.3. The molecule has 0 N–H and O–H groups in total. The molecule has 3 heteroatoms. The third-order valence-electron chi connectivity index (χ3n) is 10.4. The molecule has 0 radical (unpaired) electrons. The maximum atomic E-state index is 5.48. The molecule has 0 saturated heterocycles. The average molecular weight is 702 g/mol. The molecule has 0 saturated carbocycles. The van der Waals surface area contributed by atoms with Gasteiger partial charge in [0.15, 0.2) is 0 Å². The van der Waals surface area contributed by atoms with Crippen LogP contribution < -0.4 is 4.90 Å². The highest BCUT2D eigenvalue weighted by Gasteiger charge is 2.22. The van der Waals surface area contributed by atoms with E-state index in [9.17, 15) is 0 Å². The van der Waals surface area contributed by atoms with Gasteiger partial charge in [-0.15, -0.1) is 0 Å². The maximum Gasteiger partial charge on any atom is 0.0788 e. The lowest BCUT2D eigenvalue weighted by Gasteiger charge is -2.28. The fraction of sp³-hybridized carbons (Fsp3) is 0. The van der Waals surface area contributed by atoms with Crippen LogP contribution in [0.25, 0.3) is 77.3 Å². The maximum absolute atomic E-state index is 5.48. The summed E-state index contributed by atoms with van der Waals surface area (Å²) in [4.78, 5) is 13.3. The molecule has 10 aromatic rings. The standard InChI is InChI=1S/C52H35N3/c1-6-18-36(19-7-1)40-34-46(37-20-8-2-9-21-37)53-47(35-40)43-29-17-30-45-50(43)51-44(52(54-45)39-22-10-3-11-23-39)33-32-38-24-16-31-48(49(38)51)55(41-25-12-4-13-26-41)42-27-14-5-15-28-42/h1-35H. The molecule has 0 aliphatic heterocycles. The van der Waals surface area contributed by atoms with Crippen molar-refractivity contribution in [1.82, 2.24) is 9.97 Å². The van der Waals surface area contributed by atoms with Crippen LogP contribution in [0.4, 0.5) is 17.1 Å². The van der Waals surface area contributed by atoms with E-state index in [4.69, 9.17) is 9.97 Å². The van der Waals surface area contributed by atoms with Gasteiger partial charge in [0.2, 0.25) is 0 Å². The molecule has 2 heterocycles. The van der Waals surface area contributed by atoms with E-state index in [-0.39, 0.29) is 0 Å². The largest absolute Gasteiger partial charge is 0.310 e. The summed E-state index contributed by atoms with van der Waals surface area (Å²) in [6, 6.07) is 75.0. The van der Waals surface area contributed by atoms with Gasteiger partial charge in [0, 0.05) is 49.6 Å². The van der Waals surface area contributed by atoms with E-state index in [0.29, 0.717) is 0 Å². The Balaban J connectivity index is 1.36. The Morgan fingerprint density at radius 2 is 0.909 bits per heavy atom. The van der Waals surface area contributed by atoms with Crippen molar-refractivity contribution in [2.75, 3.05) is 4.90 Å². The van der Waals surface area contributed by atoms with Crippen LogP contribution in [0.15, 0.2) is 212 Å². The third kappa shape index (κ3) is 5.89. The number of nitrogens with zero attached hydrogens (tertiary/aromatic N) is 3. The van der Waals surface area contributed by atoms with Gasteiger partial charge in [0.05, 0.1) is 28.3 Å². The number of pyridine rings is 2. The normalized spacial score (nSPS) is 11.3. The van der Waals surface area contributed by atoms with Crippen molar-refractivity contribution < 1.29 is 0 Å². The second-order valence-electron chi connectivity index (χ2n) is 13.8. The Kier molecular flexibility index (Phi) is 8.16. The lowest BCUT2D eigenvalue weighted by atomic mass is 9.90. The molecule has 0 amide bonds. The minimum absolute atomic E-state index is 0.902. The number of aromatic nitrogens is 2. The topological polar surface area (TPSA) is 29.0 Å². The Hall–Kier alpha value is -7.36. The van der Waals surface area contributed by atoms with E-state index in [0.717, 1.165) is 94.4 Å². The number of rotatable bonds is 7. The quantitative estimate of drug-likeness (QED) is 0.155. The number of benzene rings is 8. The second-order valence-corrected chi connectivity index (χ2v) is 13.8. The first-order chi connectivity index (χ1) is 27.3. The Bertz CT molecular complexity index is 2850. The van der Waals surface area contributed by atoms with Crippen molar-refractivity contribution in [3.8, 4) is 44.9 Å². The van der Waals surface area contributed by atoms with Crippen molar-refractivity contribution in [2.45, 2.75) is 0 Å². The van der Waals surface area contributed by atoms with Crippen LogP contribution in [0.3, 0.4) is 0 Å². The molecule has 8 aromatic carbocycles. The summed E-state index contributed by atoms with van der Waals surface area (Å²) in [5.41, 5.74) is 12.4. The summed E-state index contributed by atoms with van der Waals surface area (Å²) >= 11 is 0. The van der Waals surface area contributed by atoms with Crippen molar-refractivity contribution in [1.29, 1.82) is 0 Å². The zero-order chi connectivity index (χ0) is 36.6. The van der Waals surface area contributed by atoms with E-state index < -0.39 is 0 Å². The SMILES string of the molecule is c1ccc(-c2cc(-c3ccccc3)nc(-c3cccc4nc(-c5ccccc5)c5ccc6cccc(N(c7ccccc7)c7ccccc7)c6c5c34)c2)cc1. The van der Waals surface area contributed by atoms with Gasteiger partial charge < -0.3 is 4.90 Å². The summed E-state index contributed by atoms with van der Waals surface area (Å²) in [5, 5.41) is 5.63. The minimum atomic E-state index is 0.902. The highest BCUT2D eigenvalue weighted by molar-refractivity contribution is 6.28. The molecule has 258 valence electrons. The van der Waals surface area contributed by atoms with E-state index in [2.05, 4.69) is 217 Å². The zero-order valence-corrected chi connectivity index (χ0v) is 30.0. The van der Waals surface area contributed by atoms with E-state index in [1.54, 1.807) is 0 Å². The molecule has 10 rings (SSSR count). The van der Waals surface area contributed by atoms with E-state index in [1.807, 2.05) is 0 Å². The Morgan fingerprint density at radius 1 is 0.345 bits per heavy atom. The Morgan fingerprint density at radius 3 is 1.56 bits per heavy atom. The minimum Gasteiger partial charge on any atom is -0.310 e. The molecule has 2 aromatic heterocycles. The van der Waals surface area contributed by atoms with Crippen molar-refractivity contribution in [2.24, 2.45) is 0 Å². The molecule has 0 bridgehead atoms. The summed E-state index contributed by atoms with van der Waals surface area (Å²) in [6.07, 6.45) is 0. The third-order valence-corrected chi connectivity index (χ3v) is 10.4. The molecule has 55 heavy (non-hydrogen) atoms. The van der Waals surface area contributed by atoms with Gasteiger partial charge >= 0.3 is 0 Å². The van der Waals surface area contributed by atoms with Gasteiger partial charge in [0.25, 0.3) is 0 Å². The number of fused-ring (bicyclic) bond motifs is 5. The molecule has 0 unspecified atom stereocenters. The fourth-order valence-corrected chi connectivity index (χ4v) is 7.91. The van der Waals surface area contributed by atoms with Crippen LogP contribution in [0.5, 0.6) is 0 Å². The van der Waals surface area contributed by atoms with Gasteiger partial charge in [-0.3, -0.25) is 0 Å². The lowest BCUT2D eigenvalue weighted by molar-refractivity contribution is 1.30. The fourth-order valence-electron chi connectivity index (χ4n) is 7.91. The highest BCUT2D eigenvalue weighted by atomic mass is 15.1. The highest BCUT2D eigenvalue weighted by Crippen LogP contribution is 2.47. The summed E-state index contributed by atoms with van der Waals surface area (Å²) in [7, 11) is 0. The average Bonchev–Trinajstić information content (AvgIpc) is 3.27. The van der Waals surface area contributed by atoms with Crippen LogP contribution in [0.1, 0.15) is 0 Å². The monoisotopic (exact) mass is 701 g/mol.